The molecule has 0 bridgehead atoms. The van der Waals surface area contributed by atoms with E-state index in [1.165, 1.54) is 0 Å². The molecule has 5 heteroatoms. The van der Waals surface area contributed by atoms with Crippen LogP contribution >= 0.6 is 0 Å². The van der Waals surface area contributed by atoms with Crippen LogP contribution < -0.4 is 10.5 Å². The number of nitrogens with two attached hydrogens (primary N) is 1. The number of benzene rings is 2. The van der Waals surface area contributed by atoms with Gasteiger partial charge in [-0.05, 0) is 29.7 Å². The Labute approximate surface area is 142 Å². The highest BCUT2D eigenvalue weighted by Crippen LogP contribution is 2.33. The third kappa shape index (κ3) is 3.51. The number of nitrogens with zero attached hydrogens (tertiary/aromatic N) is 1. The lowest BCUT2D eigenvalue weighted by atomic mass is 10.0. The highest BCUT2D eigenvalue weighted by Gasteiger charge is 2.37. The summed E-state index contributed by atoms with van der Waals surface area (Å²) in [6.45, 7) is 0.854. The summed E-state index contributed by atoms with van der Waals surface area (Å²) in [5.41, 5.74) is 8.18. The first kappa shape index (κ1) is 16.3. The van der Waals surface area contributed by atoms with E-state index < -0.39 is 0 Å². The van der Waals surface area contributed by atoms with Crippen LogP contribution in [0.25, 0.3) is 0 Å². The van der Waals surface area contributed by atoms with Crippen LogP contribution in [-0.4, -0.2) is 30.7 Å². The molecule has 1 heterocycles. The van der Waals surface area contributed by atoms with E-state index in [1.807, 2.05) is 54.6 Å². The van der Waals surface area contributed by atoms with Gasteiger partial charge in [0.15, 0.2) is 0 Å². The molecular formula is C19H22N2O3. The second-order valence-electron chi connectivity index (χ2n) is 5.91. The van der Waals surface area contributed by atoms with E-state index >= 15 is 0 Å². The molecule has 126 valence electrons. The number of carbonyl (C=O) groups excluding carboxylic acids is 1. The summed E-state index contributed by atoms with van der Waals surface area (Å²) < 4.78 is 10.7. The van der Waals surface area contributed by atoms with Gasteiger partial charge in [0.2, 0.25) is 0 Å². The van der Waals surface area contributed by atoms with Crippen molar-refractivity contribution in [2.75, 3.05) is 13.7 Å². The predicted molar refractivity (Wildman–Crippen MR) is 91.7 cm³/mol. The Morgan fingerprint density at radius 2 is 2.00 bits per heavy atom. The quantitative estimate of drug-likeness (QED) is 0.937. The molecule has 1 aliphatic heterocycles. The van der Waals surface area contributed by atoms with Gasteiger partial charge in [0.25, 0.3) is 0 Å². The van der Waals surface area contributed by atoms with Crippen LogP contribution in [0.3, 0.4) is 0 Å². The predicted octanol–water partition coefficient (Wildman–Crippen LogP) is 3.11. The number of carbonyl (C=O) groups is 1. The van der Waals surface area contributed by atoms with Crippen LogP contribution in [-0.2, 0) is 11.3 Å². The van der Waals surface area contributed by atoms with E-state index in [-0.39, 0.29) is 24.8 Å². The van der Waals surface area contributed by atoms with E-state index in [4.69, 9.17) is 15.2 Å². The number of methoxy groups -OCH3 is 1. The molecule has 1 saturated heterocycles. The lowest BCUT2D eigenvalue weighted by Crippen LogP contribution is -2.36. The van der Waals surface area contributed by atoms with Crippen molar-refractivity contribution < 1.29 is 14.3 Å². The topological polar surface area (TPSA) is 64.8 Å². The normalized spacial score (nSPS) is 20.0. The molecule has 1 fully saturated rings. The lowest BCUT2D eigenvalue weighted by molar-refractivity contribution is 0.0908. The van der Waals surface area contributed by atoms with Crippen LogP contribution in [0, 0.1) is 0 Å². The van der Waals surface area contributed by atoms with Gasteiger partial charge in [-0.3, -0.25) is 4.90 Å². The maximum absolute atomic E-state index is 12.5. The zero-order chi connectivity index (χ0) is 16.9. The molecule has 1 aliphatic rings. The standard InChI is InChI=1S/C19H22N2O3/c1-23-16-9-5-8-15(12-16)18-17(20)10-11-21(18)19(22)24-13-14-6-3-2-4-7-14/h2-9,12,17-18H,10-11,13,20H2,1H3/t17-,18-/m1/s1. The van der Waals surface area contributed by atoms with Crippen molar-refractivity contribution in [3.63, 3.8) is 0 Å². The Bertz CT molecular complexity index is 690. The first-order valence-corrected chi connectivity index (χ1v) is 8.06. The van der Waals surface area contributed by atoms with Gasteiger partial charge in [-0.1, -0.05) is 42.5 Å². The van der Waals surface area contributed by atoms with Gasteiger partial charge in [-0.25, -0.2) is 4.79 Å². The average Bonchev–Trinajstić information content (AvgIpc) is 3.02. The summed E-state index contributed by atoms with van der Waals surface area (Å²) in [7, 11) is 1.62. The maximum Gasteiger partial charge on any atom is 0.410 e. The molecule has 2 aromatic carbocycles. The Kier molecular flexibility index (Phi) is 5.01. The summed E-state index contributed by atoms with van der Waals surface area (Å²) in [4.78, 5) is 14.2. The first-order valence-electron chi connectivity index (χ1n) is 8.06. The second-order valence-corrected chi connectivity index (χ2v) is 5.91. The Morgan fingerprint density at radius 3 is 2.75 bits per heavy atom. The van der Waals surface area contributed by atoms with Gasteiger partial charge >= 0.3 is 6.09 Å². The Morgan fingerprint density at radius 1 is 1.21 bits per heavy atom. The number of hydrogen-bond acceptors (Lipinski definition) is 4. The summed E-state index contributed by atoms with van der Waals surface area (Å²) >= 11 is 0. The molecule has 3 rings (SSSR count). The summed E-state index contributed by atoms with van der Waals surface area (Å²) in [5, 5.41) is 0. The van der Waals surface area contributed by atoms with Crippen molar-refractivity contribution in [2.24, 2.45) is 5.73 Å². The third-order valence-electron chi connectivity index (χ3n) is 4.32. The van der Waals surface area contributed by atoms with Crippen LogP contribution in [0.4, 0.5) is 4.79 Å². The molecular weight excluding hydrogens is 304 g/mol. The fourth-order valence-electron chi connectivity index (χ4n) is 3.08. The van der Waals surface area contributed by atoms with Crippen molar-refractivity contribution >= 4 is 6.09 Å². The fourth-order valence-corrected chi connectivity index (χ4v) is 3.08. The number of hydrogen-bond donors (Lipinski definition) is 1. The summed E-state index contributed by atoms with van der Waals surface area (Å²) in [5.74, 6) is 0.754. The summed E-state index contributed by atoms with van der Waals surface area (Å²) in [6.07, 6.45) is 0.419. The van der Waals surface area contributed by atoms with Crippen molar-refractivity contribution in [1.82, 2.24) is 4.90 Å². The van der Waals surface area contributed by atoms with Crippen LogP contribution in [0.15, 0.2) is 54.6 Å². The van der Waals surface area contributed by atoms with Gasteiger partial charge in [0.1, 0.15) is 12.4 Å². The van der Waals surface area contributed by atoms with Crippen molar-refractivity contribution in [1.29, 1.82) is 0 Å². The number of rotatable bonds is 4. The minimum absolute atomic E-state index is 0.110. The second kappa shape index (κ2) is 7.36. The van der Waals surface area contributed by atoms with E-state index in [1.54, 1.807) is 12.0 Å². The molecule has 0 spiro atoms. The van der Waals surface area contributed by atoms with Gasteiger partial charge in [0.05, 0.1) is 13.2 Å². The van der Waals surface area contributed by atoms with E-state index in [0.29, 0.717) is 6.54 Å². The minimum Gasteiger partial charge on any atom is -0.497 e. The van der Waals surface area contributed by atoms with E-state index in [0.717, 1.165) is 23.3 Å². The molecule has 2 aromatic rings. The molecule has 0 unspecified atom stereocenters. The van der Waals surface area contributed by atoms with Gasteiger partial charge in [-0.2, -0.15) is 0 Å². The van der Waals surface area contributed by atoms with Crippen LogP contribution in [0.2, 0.25) is 0 Å². The zero-order valence-corrected chi connectivity index (χ0v) is 13.7. The first-order chi connectivity index (χ1) is 11.7. The molecule has 0 aliphatic carbocycles. The highest BCUT2D eigenvalue weighted by molar-refractivity contribution is 5.69. The molecule has 0 aromatic heterocycles. The van der Waals surface area contributed by atoms with Crippen molar-refractivity contribution in [3.8, 4) is 5.75 Å². The molecule has 2 atom stereocenters. The Hall–Kier alpha value is -2.53. The number of likely N-dealkylation sites (tertiary alicyclic amines) is 1. The molecule has 1 amide bonds. The smallest absolute Gasteiger partial charge is 0.410 e. The average molecular weight is 326 g/mol. The molecule has 0 radical (unpaired) electrons. The summed E-state index contributed by atoms with van der Waals surface area (Å²) in [6, 6.07) is 17.0. The maximum atomic E-state index is 12.5. The number of ether oxygens (including phenoxy) is 2. The highest BCUT2D eigenvalue weighted by atomic mass is 16.6. The molecule has 24 heavy (non-hydrogen) atoms. The van der Waals surface area contributed by atoms with Crippen molar-refractivity contribution in [3.05, 3.63) is 65.7 Å². The fraction of sp³-hybridized carbons (Fsp3) is 0.316. The van der Waals surface area contributed by atoms with Gasteiger partial charge in [-0.15, -0.1) is 0 Å². The van der Waals surface area contributed by atoms with Gasteiger partial charge < -0.3 is 15.2 Å². The lowest BCUT2D eigenvalue weighted by Gasteiger charge is -2.27. The molecule has 5 nitrogen and oxygen atoms in total. The van der Waals surface area contributed by atoms with Crippen molar-refractivity contribution in [2.45, 2.75) is 25.1 Å². The van der Waals surface area contributed by atoms with Crippen LogP contribution in [0.5, 0.6) is 5.75 Å². The zero-order valence-electron chi connectivity index (χ0n) is 13.7. The number of amides is 1. The van der Waals surface area contributed by atoms with Crippen LogP contribution in [0.1, 0.15) is 23.6 Å². The minimum atomic E-state index is -0.334. The SMILES string of the molecule is COc1cccc([C@@H]2[C@H](N)CCN2C(=O)OCc2ccccc2)c1. The third-order valence-corrected chi connectivity index (χ3v) is 4.32. The van der Waals surface area contributed by atoms with E-state index in [9.17, 15) is 4.79 Å². The Balaban J connectivity index is 1.72. The largest absolute Gasteiger partial charge is 0.497 e. The van der Waals surface area contributed by atoms with Gasteiger partial charge in [0, 0.05) is 12.6 Å². The molecule has 0 saturated carbocycles. The molecule has 2 N–H and O–H groups in total. The van der Waals surface area contributed by atoms with E-state index in [2.05, 4.69) is 0 Å². The monoisotopic (exact) mass is 326 g/mol.